The second-order valence-electron chi connectivity index (χ2n) is 2.60. The Bertz CT molecular complexity index is 292. The molecule has 0 aliphatic rings. The van der Waals surface area contributed by atoms with Crippen molar-refractivity contribution in [2.75, 3.05) is 0 Å². The fourth-order valence-corrected chi connectivity index (χ4v) is 2.06. The molecule has 0 fully saturated rings. The zero-order valence-electron chi connectivity index (χ0n) is 7.02. The van der Waals surface area contributed by atoms with Crippen LogP contribution in [-0.4, -0.2) is 4.98 Å². The van der Waals surface area contributed by atoms with Gasteiger partial charge in [-0.1, -0.05) is 0 Å². The number of aromatic nitrogens is 1. The zero-order valence-corrected chi connectivity index (χ0v) is 9.18. The number of hydrogen-bond donors (Lipinski definition) is 1. The summed E-state index contributed by atoms with van der Waals surface area (Å²) in [4.78, 5) is 3.96. The molecule has 0 aliphatic carbocycles. The van der Waals surface area contributed by atoms with E-state index in [4.69, 9.17) is 5.73 Å². The van der Waals surface area contributed by atoms with Gasteiger partial charge in [-0.3, -0.25) is 4.98 Å². The van der Waals surface area contributed by atoms with Gasteiger partial charge in [0.1, 0.15) is 0 Å². The summed E-state index contributed by atoms with van der Waals surface area (Å²) in [6.07, 6.45) is -2.47. The van der Waals surface area contributed by atoms with Gasteiger partial charge in [-0.05, 0) is 35.6 Å². The highest BCUT2D eigenvalue weighted by atomic mass is 127. The van der Waals surface area contributed by atoms with Crippen LogP contribution in [0, 0.1) is 10.5 Å². The van der Waals surface area contributed by atoms with Crippen LogP contribution in [0.25, 0.3) is 0 Å². The van der Waals surface area contributed by atoms with Crippen LogP contribution in [0.1, 0.15) is 23.4 Å². The minimum atomic E-state index is -2.47. The van der Waals surface area contributed by atoms with Crippen LogP contribution in [0.4, 0.5) is 8.78 Å². The molecule has 72 valence electrons. The predicted molar refractivity (Wildman–Crippen MR) is 54.5 cm³/mol. The van der Waals surface area contributed by atoms with Crippen molar-refractivity contribution >= 4 is 22.6 Å². The molecule has 0 saturated heterocycles. The third-order valence-electron chi connectivity index (χ3n) is 1.68. The van der Waals surface area contributed by atoms with Crippen molar-refractivity contribution in [1.29, 1.82) is 0 Å². The SMILES string of the molecule is Cc1nc(CN)cc(I)c1C(F)F. The molecule has 0 unspecified atom stereocenters. The highest BCUT2D eigenvalue weighted by Gasteiger charge is 2.16. The molecule has 1 heterocycles. The fraction of sp³-hybridized carbons (Fsp3) is 0.375. The number of hydrogen-bond acceptors (Lipinski definition) is 2. The molecule has 0 radical (unpaired) electrons. The van der Waals surface area contributed by atoms with Gasteiger partial charge in [-0.2, -0.15) is 0 Å². The number of aryl methyl sites for hydroxylation is 1. The van der Waals surface area contributed by atoms with E-state index in [-0.39, 0.29) is 12.1 Å². The number of pyridine rings is 1. The van der Waals surface area contributed by atoms with E-state index >= 15 is 0 Å². The largest absolute Gasteiger partial charge is 0.325 e. The molecule has 1 aromatic rings. The first-order valence-corrected chi connectivity index (χ1v) is 4.78. The van der Waals surface area contributed by atoms with Gasteiger partial charge in [0, 0.05) is 15.8 Å². The summed E-state index contributed by atoms with van der Waals surface area (Å²) in [6.45, 7) is 1.85. The van der Waals surface area contributed by atoms with E-state index in [9.17, 15) is 8.78 Å². The third-order valence-corrected chi connectivity index (χ3v) is 2.57. The molecule has 0 bridgehead atoms. The molecule has 0 amide bonds. The van der Waals surface area contributed by atoms with Crippen LogP contribution in [-0.2, 0) is 6.54 Å². The first-order valence-electron chi connectivity index (χ1n) is 3.70. The van der Waals surface area contributed by atoms with Crippen molar-refractivity contribution in [3.05, 3.63) is 26.6 Å². The van der Waals surface area contributed by atoms with Gasteiger partial charge < -0.3 is 5.73 Å². The molecule has 5 heteroatoms. The van der Waals surface area contributed by atoms with E-state index in [1.165, 1.54) is 0 Å². The monoisotopic (exact) mass is 298 g/mol. The lowest BCUT2D eigenvalue weighted by molar-refractivity contribution is 0.149. The average molecular weight is 298 g/mol. The molecule has 0 aromatic carbocycles. The molecule has 0 atom stereocenters. The Morgan fingerprint density at radius 2 is 2.23 bits per heavy atom. The summed E-state index contributed by atoms with van der Waals surface area (Å²) in [5.74, 6) is 0. The standard InChI is InChI=1S/C8H9F2IN2/c1-4-7(8(9)10)6(11)2-5(3-12)13-4/h2,8H,3,12H2,1H3. The van der Waals surface area contributed by atoms with E-state index in [1.54, 1.807) is 13.0 Å². The van der Waals surface area contributed by atoms with Crippen molar-refractivity contribution in [1.82, 2.24) is 4.98 Å². The minimum Gasteiger partial charge on any atom is -0.325 e. The Morgan fingerprint density at radius 1 is 1.62 bits per heavy atom. The van der Waals surface area contributed by atoms with Crippen LogP contribution >= 0.6 is 22.6 Å². The van der Waals surface area contributed by atoms with Crippen LogP contribution in [0.3, 0.4) is 0 Å². The topological polar surface area (TPSA) is 38.9 Å². The second-order valence-corrected chi connectivity index (χ2v) is 3.76. The number of rotatable bonds is 2. The zero-order chi connectivity index (χ0) is 10.0. The smallest absolute Gasteiger partial charge is 0.266 e. The summed E-state index contributed by atoms with van der Waals surface area (Å²) in [6, 6.07) is 1.59. The first kappa shape index (κ1) is 10.8. The molecule has 1 rings (SSSR count). The molecular formula is C8H9F2IN2. The highest BCUT2D eigenvalue weighted by Crippen LogP contribution is 2.26. The molecule has 0 saturated carbocycles. The van der Waals surface area contributed by atoms with Crippen LogP contribution in [0.5, 0.6) is 0 Å². The predicted octanol–water partition coefficient (Wildman–Crippen LogP) is 2.39. The highest BCUT2D eigenvalue weighted by molar-refractivity contribution is 14.1. The third kappa shape index (κ3) is 2.34. The fourth-order valence-electron chi connectivity index (χ4n) is 1.07. The lowest BCUT2D eigenvalue weighted by atomic mass is 10.2. The molecule has 0 aliphatic heterocycles. The maximum atomic E-state index is 12.4. The summed E-state index contributed by atoms with van der Waals surface area (Å²) in [7, 11) is 0. The quantitative estimate of drug-likeness (QED) is 0.852. The van der Waals surface area contributed by atoms with Gasteiger partial charge in [0.15, 0.2) is 0 Å². The van der Waals surface area contributed by atoms with E-state index in [2.05, 4.69) is 4.98 Å². The molecule has 2 nitrogen and oxygen atoms in total. The van der Waals surface area contributed by atoms with Gasteiger partial charge in [0.25, 0.3) is 6.43 Å². The van der Waals surface area contributed by atoms with Gasteiger partial charge in [0.05, 0.1) is 11.3 Å². The average Bonchev–Trinajstić information content (AvgIpc) is 2.02. The lowest BCUT2D eigenvalue weighted by Gasteiger charge is -2.08. The minimum absolute atomic E-state index is 0.0119. The van der Waals surface area contributed by atoms with Crippen molar-refractivity contribution in [2.45, 2.75) is 19.9 Å². The normalized spacial score (nSPS) is 10.9. The van der Waals surface area contributed by atoms with Gasteiger partial charge in [-0.25, -0.2) is 8.78 Å². The Balaban J connectivity index is 3.23. The Labute approximate surface area is 88.7 Å². The van der Waals surface area contributed by atoms with Crippen molar-refractivity contribution < 1.29 is 8.78 Å². The van der Waals surface area contributed by atoms with E-state index in [0.717, 1.165) is 0 Å². The summed E-state index contributed by atoms with van der Waals surface area (Å²) >= 11 is 1.87. The number of nitrogens with two attached hydrogens (primary N) is 1. The van der Waals surface area contributed by atoms with E-state index in [1.807, 2.05) is 22.6 Å². The van der Waals surface area contributed by atoms with Crippen LogP contribution in [0.2, 0.25) is 0 Å². The maximum Gasteiger partial charge on any atom is 0.266 e. The molecule has 1 aromatic heterocycles. The number of halogens is 3. The Kier molecular flexibility index (Phi) is 3.55. The second kappa shape index (κ2) is 4.28. The summed E-state index contributed by atoms with van der Waals surface area (Å²) in [5.41, 5.74) is 6.38. The van der Waals surface area contributed by atoms with Crippen molar-refractivity contribution in [2.24, 2.45) is 5.73 Å². The number of nitrogens with zero attached hydrogens (tertiary/aromatic N) is 1. The molecule has 2 N–H and O–H groups in total. The van der Waals surface area contributed by atoms with Gasteiger partial charge in [-0.15, -0.1) is 0 Å². The Morgan fingerprint density at radius 3 is 2.62 bits per heavy atom. The van der Waals surface area contributed by atoms with E-state index < -0.39 is 6.43 Å². The maximum absolute atomic E-state index is 12.4. The lowest BCUT2D eigenvalue weighted by Crippen LogP contribution is -2.05. The van der Waals surface area contributed by atoms with Gasteiger partial charge in [0.2, 0.25) is 0 Å². The molecule has 13 heavy (non-hydrogen) atoms. The van der Waals surface area contributed by atoms with Gasteiger partial charge >= 0.3 is 0 Å². The summed E-state index contributed by atoms with van der Waals surface area (Å²) < 4.78 is 25.4. The van der Waals surface area contributed by atoms with Crippen LogP contribution in [0.15, 0.2) is 6.07 Å². The Hall–Kier alpha value is -0.300. The van der Waals surface area contributed by atoms with Crippen LogP contribution < -0.4 is 5.73 Å². The molecular weight excluding hydrogens is 289 g/mol. The first-order chi connectivity index (χ1) is 6.06. The van der Waals surface area contributed by atoms with E-state index in [0.29, 0.717) is 15.0 Å². The molecule has 0 spiro atoms. The van der Waals surface area contributed by atoms with Crippen molar-refractivity contribution in [3.63, 3.8) is 0 Å². The van der Waals surface area contributed by atoms with Crippen molar-refractivity contribution in [3.8, 4) is 0 Å². The number of alkyl halides is 2. The summed E-state index contributed by atoms with van der Waals surface area (Å²) in [5, 5.41) is 0.